The second-order valence-corrected chi connectivity index (χ2v) is 5.45. The quantitative estimate of drug-likeness (QED) is 0.869. The van der Waals surface area contributed by atoms with Crippen LogP contribution in [0.3, 0.4) is 0 Å². The zero-order chi connectivity index (χ0) is 13.8. The van der Waals surface area contributed by atoms with Gasteiger partial charge in [-0.2, -0.15) is 0 Å². The lowest BCUT2D eigenvalue weighted by molar-refractivity contribution is 0.293. The summed E-state index contributed by atoms with van der Waals surface area (Å²) in [6.07, 6.45) is 1.69. The van der Waals surface area contributed by atoms with Crippen molar-refractivity contribution in [3.05, 3.63) is 57.7 Å². The van der Waals surface area contributed by atoms with E-state index in [1.807, 2.05) is 37.3 Å². The van der Waals surface area contributed by atoms with Gasteiger partial charge in [-0.3, -0.25) is 0 Å². The van der Waals surface area contributed by atoms with E-state index in [2.05, 4.69) is 20.9 Å². The number of benzene rings is 1. The maximum Gasteiger partial charge on any atom is 0.224 e. The topological polar surface area (TPSA) is 48.1 Å². The van der Waals surface area contributed by atoms with Crippen LogP contribution in [0.5, 0.6) is 5.88 Å². The Morgan fingerprint density at radius 3 is 2.89 bits per heavy atom. The molecular weight excluding hydrogens is 324 g/mol. The van der Waals surface area contributed by atoms with E-state index in [4.69, 9.17) is 22.7 Å². The van der Waals surface area contributed by atoms with Crippen LogP contribution in [0, 0.1) is 6.92 Å². The number of aromatic nitrogens is 1. The molecule has 0 radical (unpaired) electrons. The summed E-state index contributed by atoms with van der Waals surface area (Å²) in [5.74, 6) is 0.479. The van der Waals surface area contributed by atoms with Crippen molar-refractivity contribution in [1.29, 1.82) is 0 Å². The zero-order valence-electron chi connectivity index (χ0n) is 10.4. The highest BCUT2D eigenvalue weighted by Crippen LogP contribution is 2.20. The molecule has 0 amide bonds. The van der Waals surface area contributed by atoms with Gasteiger partial charge in [-0.25, -0.2) is 4.98 Å². The highest BCUT2D eigenvalue weighted by Gasteiger charge is 2.11. The number of hydrogen-bond donors (Lipinski definition) is 1. The van der Waals surface area contributed by atoms with Crippen molar-refractivity contribution in [2.75, 3.05) is 0 Å². The van der Waals surface area contributed by atoms with Crippen molar-refractivity contribution in [3.63, 3.8) is 0 Å². The number of halogens is 1. The Balaban J connectivity index is 2.20. The van der Waals surface area contributed by atoms with Gasteiger partial charge in [0.25, 0.3) is 0 Å². The predicted octanol–water partition coefficient (Wildman–Crippen LogP) is 3.37. The Labute approximate surface area is 125 Å². The smallest absolute Gasteiger partial charge is 0.224 e. The molecule has 2 aromatic rings. The summed E-state index contributed by atoms with van der Waals surface area (Å²) in [6.45, 7) is 2.35. The minimum Gasteiger partial charge on any atom is -0.472 e. The third kappa shape index (κ3) is 3.52. The first-order chi connectivity index (χ1) is 9.08. The molecule has 0 bridgehead atoms. The molecular formula is C14H13BrN2OS. The molecule has 0 aliphatic heterocycles. The summed E-state index contributed by atoms with van der Waals surface area (Å²) >= 11 is 8.46. The number of rotatable bonds is 4. The van der Waals surface area contributed by atoms with Gasteiger partial charge in [-0.05, 0) is 36.2 Å². The maximum absolute atomic E-state index is 5.72. The average Bonchev–Trinajstić information content (AvgIpc) is 2.36. The lowest BCUT2D eigenvalue weighted by atomic mass is 10.1. The van der Waals surface area contributed by atoms with Crippen molar-refractivity contribution in [2.24, 2.45) is 5.73 Å². The molecule has 2 N–H and O–H groups in total. The number of thiocarbonyl (C=S) groups is 1. The third-order valence-corrected chi connectivity index (χ3v) is 3.33. The van der Waals surface area contributed by atoms with Gasteiger partial charge in [0.15, 0.2) is 0 Å². The molecule has 3 nitrogen and oxygen atoms in total. The van der Waals surface area contributed by atoms with Crippen molar-refractivity contribution in [1.82, 2.24) is 4.98 Å². The minimum absolute atomic E-state index is 0.301. The van der Waals surface area contributed by atoms with E-state index in [-0.39, 0.29) is 0 Å². The first-order valence-electron chi connectivity index (χ1n) is 5.70. The van der Waals surface area contributed by atoms with Crippen molar-refractivity contribution in [3.8, 4) is 5.88 Å². The Morgan fingerprint density at radius 1 is 1.42 bits per heavy atom. The van der Waals surface area contributed by atoms with Gasteiger partial charge in [0.1, 0.15) is 11.6 Å². The fourth-order valence-corrected chi connectivity index (χ4v) is 2.42. The van der Waals surface area contributed by atoms with Gasteiger partial charge >= 0.3 is 0 Å². The van der Waals surface area contributed by atoms with E-state index < -0.39 is 0 Å². The largest absolute Gasteiger partial charge is 0.472 e. The molecule has 0 saturated carbocycles. The molecule has 0 unspecified atom stereocenters. The zero-order valence-corrected chi connectivity index (χ0v) is 12.8. The predicted molar refractivity (Wildman–Crippen MR) is 83.3 cm³/mol. The highest BCUT2D eigenvalue weighted by atomic mass is 79.9. The van der Waals surface area contributed by atoms with Gasteiger partial charge in [0, 0.05) is 10.7 Å². The molecule has 1 aromatic carbocycles. The van der Waals surface area contributed by atoms with Crippen LogP contribution < -0.4 is 10.5 Å². The van der Waals surface area contributed by atoms with Gasteiger partial charge in [0.2, 0.25) is 5.88 Å². The normalized spacial score (nSPS) is 10.2. The lowest BCUT2D eigenvalue weighted by Gasteiger charge is -2.11. The second kappa shape index (κ2) is 6.12. The van der Waals surface area contributed by atoms with E-state index in [9.17, 15) is 0 Å². The van der Waals surface area contributed by atoms with Gasteiger partial charge < -0.3 is 10.5 Å². The second-order valence-electron chi connectivity index (χ2n) is 4.09. The number of hydrogen-bond acceptors (Lipinski definition) is 3. The van der Waals surface area contributed by atoms with Crippen LogP contribution in [0.4, 0.5) is 0 Å². The summed E-state index contributed by atoms with van der Waals surface area (Å²) in [4.78, 5) is 4.50. The Kier molecular flexibility index (Phi) is 4.50. The van der Waals surface area contributed by atoms with E-state index in [1.54, 1.807) is 6.20 Å². The monoisotopic (exact) mass is 336 g/mol. The van der Waals surface area contributed by atoms with E-state index >= 15 is 0 Å². The lowest BCUT2D eigenvalue weighted by Crippen LogP contribution is -2.14. The SMILES string of the molecule is Cc1ccnc(OCc2cccc(Br)c2)c1C(N)=S. The van der Waals surface area contributed by atoms with Crippen LogP contribution in [0.15, 0.2) is 41.0 Å². The molecule has 1 heterocycles. The van der Waals surface area contributed by atoms with E-state index in [0.717, 1.165) is 15.6 Å². The number of pyridine rings is 1. The third-order valence-electron chi connectivity index (χ3n) is 2.64. The Morgan fingerprint density at radius 2 is 2.21 bits per heavy atom. The number of ether oxygens (including phenoxy) is 1. The molecule has 0 spiro atoms. The average molecular weight is 337 g/mol. The Hall–Kier alpha value is -1.46. The maximum atomic E-state index is 5.72. The summed E-state index contributed by atoms with van der Waals surface area (Å²) in [5, 5.41) is 0. The molecule has 0 aliphatic rings. The molecule has 0 aliphatic carbocycles. The van der Waals surface area contributed by atoms with Crippen LogP contribution in [-0.2, 0) is 6.61 Å². The summed E-state index contributed by atoms with van der Waals surface area (Å²) in [5.41, 5.74) is 8.43. The van der Waals surface area contributed by atoms with Crippen molar-refractivity contribution >= 4 is 33.1 Å². The molecule has 5 heteroatoms. The molecule has 0 fully saturated rings. The van der Waals surface area contributed by atoms with Crippen LogP contribution in [0.1, 0.15) is 16.7 Å². The molecule has 98 valence electrons. The molecule has 0 saturated heterocycles. The molecule has 0 atom stereocenters. The number of nitrogens with two attached hydrogens (primary N) is 1. The fraction of sp³-hybridized carbons (Fsp3) is 0.143. The molecule has 2 rings (SSSR count). The van der Waals surface area contributed by atoms with Gasteiger partial charge in [0.05, 0.1) is 5.56 Å². The molecule has 1 aromatic heterocycles. The highest BCUT2D eigenvalue weighted by molar-refractivity contribution is 9.10. The summed E-state index contributed by atoms with van der Waals surface area (Å²) in [6, 6.07) is 9.77. The van der Waals surface area contributed by atoms with Gasteiger partial charge in [-0.15, -0.1) is 0 Å². The molecule has 19 heavy (non-hydrogen) atoms. The van der Waals surface area contributed by atoms with Crippen molar-refractivity contribution in [2.45, 2.75) is 13.5 Å². The number of nitrogens with zero attached hydrogens (tertiary/aromatic N) is 1. The van der Waals surface area contributed by atoms with Crippen molar-refractivity contribution < 1.29 is 4.74 Å². The Bertz CT molecular complexity index is 616. The minimum atomic E-state index is 0.301. The van der Waals surface area contributed by atoms with E-state index in [1.165, 1.54) is 0 Å². The van der Waals surface area contributed by atoms with Crippen LogP contribution >= 0.6 is 28.1 Å². The fourth-order valence-electron chi connectivity index (χ4n) is 1.72. The first kappa shape index (κ1) is 14.0. The first-order valence-corrected chi connectivity index (χ1v) is 6.90. The number of aryl methyl sites for hydroxylation is 1. The van der Waals surface area contributed by atoms with Gasteiger partial charge in [-0.1, -0.05) is 40.3 Å². The standard InChI is InChI=1S/C14H13BrN2OS/c1-9-5-6-17-14(12(9)13(16)19)18-8-10-3-2-4-11(15)7-10/h2-7H,8H2,1H3,(H2,16,19). The van der Waals surface area contributed by atoms with Crippen LogP contribution in [-0.4, -0.2) is 9.97 Å². The van der Waals surface area contributed by atoms with Crippen LogP contribution in [0.2, 0.25) is 0 Å². The van der Waals surface area contributed by atoms with E-state index in [0.29, 0.717) is 23.0 Å². The summed E-state index contributed by atoms with van der Waals surface area (Å²) in [7, 11) is 0. The van der Waals surface area contributed by atoms with Crippen LogP contribution in [0.25, 0.3) is 0 Å². The summed E-state index contributed by atoms with van der Waals surface area (Å²) < 4.78 is 6.74.